The topological polar surface area (TPSA) is 202 Å². The highest BCUT2D eigenvalue weighted by molar-refractivity contribution is 8.93. The molecule has 0 radical (unpaired) electrons. The number of guanidine groups is 4. The minimum atomic E-state index is 0. The maximum Gasteiger partial charge on any atom is 0.195 e. The van der Waals surface area contributed by atoms with Gasteiger partial charge in [-0.1, -0.05) is 129 Å². The molecule has 4 aromatic rings. The number of nitrogens with one attached hydrogen (secondary N) is 4. The van der Waals surface area contributed by atoms with Gasteiger partial charge in [0, 0.05) is 38.0 Å². The van der Waals surface area contributed by atoms with Crippen LogP contribution in [-0.4, -0.2) is 76.2 Å². The Labute approximate surface area is 433 Å². The summed E-state index contributed by atoms with van der Waals surface area (Å²) in [5, 5.41) is 12.7. The smallest absolute Gasteiger partial charge is 0.195 e. The summed E-state index contributed by atoms with van der Waals surface area (Å²) in [7, 11) is 0. The average molecular weight is 1250 g/mol. The van der Waals surface area contributed by atoms with Gasteiger partial charge < -0.3 is 33.6 Å². The van der Waals surface area contributed by atoms with Gasteiger partial charge in [-0.05, 0) is 80.5 Å². The summed E-state index contributed by atoms with van der Waals surface area (Å²) in [6.45, 7) is 5.88. The third kappa shape index (κ3) is 27.4. The van der Waals surface area contributed by atoms with E-state index in [2.05, 4.69) is 138 Å². The van der Waals surface area contributed by atoms with Crippen LogP contribution < -0.4 is 44.2 Å². The van der Waals surface area contributed by atoms with E-state index in [1.54, 1.807) is 0 Å². The Kier molecular flexibility index (Phi) is 43.4. The third-order valence-electron chi connectivity index (χ3n) is 9.01. The van der Waals surface area contributed by atoms with Crippen LogP contribution in [0.3, 0.4) is 0 Å². The van der Waals surface area contributed by atoms with Gasteiger partial charge in [0.15, 0.2) is 23.8 Å². The van der Waals surface area contributed by atoms with E-state index >= 15 is 0 Å². The summed E-state index contributed by atoms with van der Waals surface area (Å²) in [4.78, 5) is 17.7. The molecular formula is C44H70Br6N12. The standard InChI is InChI=1S/C43H60N12.CH4.6BrH/c44-40(54-42(46)52-32-24-38(34-16-5-1-6-17-34)35-18-7-2-8-19-35)50-30-14-28-48-26-13-27-49-29-15-31-51-41(45)55-43(47)53-33-25-39(36-20-9-3-10-21-36)37-22-11-4-12-23-37;;;;;;;/h1-12,16-23,38-39,48-49H,13-15,24-33H2,(H5,44,46,50,52,54)(H5,45,47,51,53,55);1H4;6*1H. The Hall–Kier alpha value is -2.84. The molecule has 0 saturated carbocycles. The van der Waals surface area contributed by atoms with Crippen LogP contribution in [0.2, 0.25) is 0 Å². The Bertz CT molecular complexity index is 1550. The van der Waals surface area contributed by atoms with Crippen LogP contribution in [-0.2, 0) is 0 Å². The molecule has 348 valence electrons. The van der Waals surface area contributed by atoms with Gasteiger partial charge in [-0.25, -0.2) is 0 Å². The predicted molar refractivity (Wildman–Crippen MR) is 299 cm³/mol. The van der Waals surface area contributed by atoms with Crippen LogP contribution in [0.1, 0.15) is 73.6 Å². The second-order valence-corrected chi connectivity index (χ2v) is 13.2. The second-order valence-electron chi connectivity index (χ2n) is 13.2. The first kappa shape index (κ1) is 65.8. The van der Waals surface area contributed by atoms with Crippen LogP contribution >= 0.6 is 102 Å². The van der Waals surface area contributed by atoms with E-state index < -0.39 is 0 Å². The molecule has 62 heavy (non-hydrogen) atoms. The minimum Gasteiger partial charge on any atom is -0.370 e. The fourth-order valence-corrected chi connectivity index (χ4v) is 6.24. The van der Waals surface area contributed by atoms with Gasteiger partial charge >= 0.3 is 0 Å². The zero-order valence-electron chi connectivity index (χ0n) is 34.4. The zero-order valence-corrected chi connectivity index (χ0v) is 44.7. The monoisotopic (exact) mass is 1240 g/mol. The number of hydrogen-bond acceptors (Lipinski definition) is 6. The lowest BCUT2D eigenvalue weighted by Crippen LogP contribution is -2.41. The first-order chi connectivity index (χ1) is 27.0. The molecule has 0 amide bonds. The Balaban J connectivity index is -0.00000240. The number of aliphatic imine (C=N–C) groups is 4. The molecule has 0 heterocycles. The SMILES string of the molecule is Br.Br.Br.Br.Br.Br.C.NC(=NCCCNCCCNCCCN=C(N)NC(N)=NCCC(c1ccccc1)c1ccccc1)NC(N)=NCCC(c1ccccc1)c1ccccc1. The minimum absolute atomic E-state index is 0. The van der Waals surface area contributed by atoms with Crippen molar-refractivity contribution in [2.24, 2.45) is 42.9 Å². The fraction of sp³-hybridized carbons (Fsp3) is 0.364. The molecule has 0 aliphatic carbocycles. The molecule has 0 bridgehead atoms. The molecule has 0 saturated heterocycles. The first-order valence-electron chi connectivity index (χ1n) is 19.3. The quantitative estimate of drug-likeness (QED) is 0.0218. The lowest BCUT2D eigenvalue weighted by atomic mass is 9.89. The molecule has 0 aromatic heterocycles. The molecule has 12 nitrogen and oxygen atoms in total. The summed E-state index contributed by atoms with van der Waals surface area (Å²) >= 11 is 0. The number of hydrogen-bond donors (Lipinski definition) is 8. The van der Waals surface area contributed by atoms with Crippen molar-refractivity contribution in [1.82, 2.24) is 21.3 Å². The van der Waals surface area contributed by atoms with Crippen molar-refractivity contribution in [3.05, 3.63) is 144 Å². The molecule has 0 aliphatic heterocycles. The Morgan fingerprint density at radius 3 is 0.887 bits per heavy atom. The van der Waals surface area contributed by atoms with Crippen LogP contribution in [0.25, 0.3) is 0 Å². The van der Waals surface area contributed by atoms with Gasteiger partial charge in [-0.15, -0.1) is 102 Å². The van der Waals surface area contributed by atoms with Crippen LogP contribution in [0.5, 0.6) is 0 Å². The molecule has 0 fully saturated rings. The number of halogens is 6. The molecule has 4 rings (SSSR count). The Morgan fingerprint density at radius 1 is 0.371 bits per heavy atom. The average Bonchev–Trinajstić information content (AvgIpc) is 3.21. The lowest BCUT2D eigenvalue weighted by Gasteiger charge is -2.17. The van der Waals surface area contributed by atoms with Crippen molar-refractivity contribution in [3.8, 4) is 0 Å². The number of nitrogens with two attached hydrogens (primary N) is 4. The van der Waals surface area contributed by atoms with Crippen molar-refractivity contribution in [2.75, 3.05) is 52.4 Å². The van der Waals surface area contributed by atoms with Gasteiger partial charge in [0.2, 0.25) is 0 Å². The predicted octanol–water partition coefficient (Wildman–Crippen LogP) is 8.32. The third-order valence-corrected chi connectivity index (χ3v) is 9.01. The van der Waals surface area contributed by atoms with E-state index in [0.717, 1.165) is 58.3 Å². The van der Waals surface area contributed by atoms with Crippen LogP contribution in [0.4, 0.5) is 0 Å². The summed E-state index contributed by atoms with van der Waals surface area (Å²) in [6.07, 6.45) is 4.41. The first-order valence-corrected chi connectivity index (χ1v) is 19.3. The van der Waals surface area contributed by atoms with Crippen LogP contribution in [0.15, 0.2) is 141 Å². The molecular weight excluding hydrogens is 1180 g/mol. The molecule has 0 atom stereocenters. The fourth-order valence-electron chi connectivity index (χ4n) is 6.24. The maximum atomic E-state index is 6.09. The van der Waals surface area contributed by atoms with Crippen LogP contribution in [0, 0.1) is 0 Å². The van der Waals surface area contributed by atoms with Crippen molar-refractivity contribution in [2.45, 2.75) is 51.4 Å². The van der Waals surface area contributed by atoms with Crippen molar-refractivity contribution < 1.29 is 0 Å². The maximum absolute atomic E-state index is 6.09. The van der Waals surface area contributed by atoms with E-state index in [1.165, 1.54) is 22.3 Å². The molecule has 0 aliphatic rings. The lowest BCUT2D eigenvalue weighted by molar-refractivity contribution is 0.579. The number of nitrogens with zero attached hydrogens (tertiary/aromatic N) is 4. The normalized spacial score (nSPS) is 11.3. The van der Waals surface area contributed by atoms with Gasteiger partial charge in [-0.3, -0.25) is 30.6 Å². The van der Waals surface area contributed by atoms with E-state index in [0.29, 0.717) is 26.2 Å². The van der Waals surface area contributed by atoms with E-state index in [1.807, 2.05) is 24.3 Å². The molecule has 0 spiro atoms. The van der Waals surface area contributed by atoms with Gasteiger partial charge in [0.05, 0.1) is 0 Å². The Morgan fingerprint density at radius 2 is 0.613 bits per heavy atom. The second kappa shape index (κ2) is 40.9. The van der Waals surface area contributed by atoms with Gasteiger partial charge in [-0.2, -0.15) is 0 Å². The summed E-state index contributed by atoms with van der Waals surface area (Å²) in [5.74, 6) is 1.58. The van der Waals surface area contributed by atoms with Crippen molar-refractivity contribution >= 4 is 126 Å². The highest BCUT2D eigenvalue weighted by Crippen LogP contribution is 2.28. The highest BCUT2D eigenvalue weighted by atomic mass is 79.9. The number of rotatable bonds is 22. The van der Waals surface area contributed by atoms with Crippen molar-refractivity contribution in [3.63, 3.8) is 0 Å². The van der Waals surface area contributed by atoms with Gasteiger partial charge in [0.25, 0.3) is 0 Å². The van der Waals surface area contributed by atoms with E-state index in [4.69, 9.17) is 22.9 Å². The molecule has 12 N–H and O–H groups in total. The van der Waals surface area contributed by atoms with Crippen molar-refractivity contribution in [1.29, 1.82) is 0 Å². The van der Waals surface area contributed by atoms with E-state index in [9.17, 15) is 0 Å². The number of benzene rings is 4. The molecule has 18 heteroatoms. The van der Waals surface area contributed by atoms with Gasteiger partial charge in [0.1, 0.15) is 0 Å². The molecule has 4 aromatic carbocycles. The summed E-state index contributed by atoms with van der Waals surface area (Å²) in [6, 6.07) is 41.9. The highest BCUT2D eigenvalue weighted by Gasteiger charge is 2.14. The summed E-state index contributed by atoms with van der Waals surface area (Å²) < 4.78 is 0. The summed E-state index contributed by atoms with van der Waals surface area (Å²) in [5.41, 5.74) is 29.3. The largest absolute Gasteiger partial charge is 0.370 e. The molecule has 0 unspecified atom stereocenters. The zero-order chi connectivity index (χ0) is 38.8. The van der Waals surface area contributed by atoms with E-state index in [-0.39, 0.29) is 145 Å².